The summed E-state index contributed by atoms with van der Waals surface area (Å²) in [6, 6.07) is 15.2. The summed E-state index contributed by atoms with van der Waals surface area (Å²) in [7, 11) is 0. The van der Waals surface area contributed by atoms with Gasteiger partial charge in [-0.1, -0.05) is 45.7 Å². The van der Waals surface area contributed by atoms with Crippen molar-refractivity contribution < 1.29 is 4.79 Å². The van der Waals surface area contributed by atoms with Gasteiger partial charge in [0.2, 0.25) is 0 Å². The standard InChI is InChI=1S/C16H15BrClNOS/c17-14-7-5-12(6-8-14)16(20)19-9-10-21-11-13-3-1-2-4-15(13)18/h1-8H,9-11H2,(H,19,20). The average molecular weight is 385 g/mol. The third-order valence-corrected chi connectivity index (χ3v) is 4.76. The quantitative estimate of drug-likeness (QED) is 0.727. The van der Waals surface area contributed by atoms with E-state index in [2.05, 4.69) is 21.2 Å². The first-order valence-electron chi connectivity index (χ1n) is 6.52. The number of benzene rings is 2. The van der Waals surface area contributed by atoms with Crippen LogP contribution in [0, 0.1) is 0 Å². The second-order valence-electron chi connectivity index (χ2n) is 4.41. The zero-order valence-electron chi connectivity index (χ0n) is 11.3. The molecule has 0 aliphatic carbocycles. The van der Waals surface area contributed by atoms with Crippen molar-refractivity contribution in [3.05, 3.63) is 69.2 Å². The van der Waals surface area contributed by atoms with Crippen LogP contribution in [0.25, 0.3) is 0 Å². The molecule has 2 aromatic carbocycles. The van der Waals surface area contributed by atoms with E-state index in [-0.39, 0.29) is 5.91 Å². The molecule has 0 fully saturated rings. The lowest BCUT2D eigenvalue weighted by atomic mass is 10.2. The average Bonchev–Trinajstić information content (AvgIpc) is 2.49. The molecule has 0 aromatic heterocycles. The van der Waals surface area contributed by atoms with Crippen LogP contribution in [0.15, 0.2) is 53.0 Å². The van der Waals surface area contributed by atoms with E-state index in [0.717, 1.165) is 26.6 Å². The van der Waals surface area contributed by atoms with Crippen LogP contribution >= 0.6 is 39.3 Å². The maximum absolute atomic E-state index is 11.9. The summed E-state index contributed by atoms with van der Waals surface area (Å²) in [6.07, 6.45) is 0. The molecule has 0 saturated heterocycles. The highest BCUT2D eigenvalue weighted by Gasteiger charge is 2.04. The number of carbonyl (C=O) groups excluding carboxylic acids is 1. The SMILES string of the molecule is O=C(NCCSCc1ccccc1Cl)c1ccc(Br)cc1. The van der Waals surface area contributed by atoms with E-state index in [4.69, 9.17) is 11.6 Å². The van der Waals surface area contributed by atoms with Gasteiger partial charge in [-0.3, -0.25) is 4.79 Å². The fourth-order valence-electron chi connectivity index (χ4n) is 1.74. The zero-order valence-corrected chi connectivity index (χ0v) is 14.5. The molecule has 0 bridgehead atoms. The molecule has 5 heteroatoms. The lowest BCUT2D eigenvalue weighted by molar-refractivity contribution is 0.0956. The Kier molecular flexibility index (Phi) is 6.61. The molecule has 0 spiro atoms. The van der Waals surface area contributed by atoms with E-state index in [1.54, 1.807) is 23.9 Å². The Morgan fingerprint density at radius 3 is 2.57 bits per heavy atom. The maximum Gasteiger partial charge on any atom is 0.251 e. The van der Waals surface area contributed by atoms with E-state index < -0.39 is 0 Å². The molecular weight excluding hydrogens is 370 g/mol. The first kappa shape index (κ1) is 16.4. The first-order valence-corrected chi connectivity index (χ1v) is 8.84. The van der Waals surface area contributed by atoms with E-state index in [1.807, 2.05) is 36.4 Å². The Labute approximate surface area is 142 Å². The van der Waals surface area contributed by atoms with Gasteiger partial charge in [0.1, 0.15) is 0 Å². The summed E-state index contributed by atoms with van der Waals surface area (Å²) in [5, 5.41) is 3.71. The van der Waals surface area contributed by atoms with Gasteiger partial charge < -0.3 is 5.32 Å². The third kappa shape index (κ3) is 5.38. The van der Waals surface area contributed by atoms with Crippen LogP contribution in [0.5, 0.6) is 0 Å². The van der Waals surface area contributed by atoms with Crippen LogP contribution in [0.2, 0.25) is 5.02 Å². The van der Waals surface area contributed by atoms with Crippen molar-refractivity contribution in [1.82, 2.24) is 5.32 Å². The van der Waals surface area contributed by atoms with Crippen LogP contribution in [0.3, 0.4) is 0 Å². The molecule has 0 saturated carbocycles. The highest BCUT2D eigenvalue weighted by Crippen LogP contribution is 2.20. The molecule has 21 heavy (non-hydrogen) atoms. The lowest BCUT2D eigenvalue weighted by Gasteiger charge is -2.06. The van der Waals surface area contributed by atoms with Gasteiger partial charge in [-0.15, -0.1) is 0 Å². The summed E-state index contributed by atoms with van der Waals surface area (Å²) < 4.78 is 0.967. The largest absolute Gasteiger partial charge is 0.351 e. The third-order valence-electron chi connectivity index (χ3n) is 2.85. The molecule has 2 nitrogen and oxygen atoms in total. The molecule has 0 heterocycles. The zero-order chi connectivity index (χ0) is 15.1. The molecule has 0 aliphatic rings. The summed E-state index contributed by atoms with van der Waals surface area (Å²) in [4.78, 5) is 11.9. The number of halogens is 2. The predicted molar refractivity (Wildman–Crippen MR) is 94.1 cm³/mol. The highest BCUT2D eigenvalue weighted by atomic mass is 79.9. The number of nitrogens with one attached hydrogen (secondary N) is 1. The normalized spacial score (nSPS) is 10.4. The van der Waals surface area contributed by atoms with Crippen molar-refractivity contribution in [2.24, 2.45) is 0 Å². The maximum atomic E-state index is 11.9. The molecule has 2 aromatic rings. The Balaban J connectivity index is 1.69. The second kappa shape index (κ2) is 8.47. The molecule has 2 rings (SSSR count). The summed E-state index contributed by atoms with van der Waals surface area (Å²) in [5.74, 6) is 1.67. The van der Waals surface area contributed by atoms with Gasteiger partial charge in [-0.25, -0.2) is 0 Å². The lowest BCUT2D eigenvalue weighted by Crippen LogP contribution is -2.25. The summed E-state index contributed by atoms with van der Waals surface area (Å²) in [5.41, 5.74) is 1.80. The van der Waals surface area contributed by atoms with E-state index in [0.29, 0.717) is 12.1 Å². The van der Waals surface area contributed by atoms with Crippen molar-refractivity contribution in [3.63, 3.8) is 0 Å². The van der Waals surface area contributed by atoms with E-state index in [1.165, 1.54) is 0 Å². The molecule has 1 N–H and O–H groups in total. The van der Waals surface area contributed by atoms with Crippen molar-refractivity contribution in [2.45, 2.75) is 5.75 Å². The molecule has 0 aliphatic heterocycles. The van der Waals surface area contributed by atoms with Gasteiger partial charge in [0.05, 0.1) is 0 Å². The van der Waals surface area contributed by atoms with Gasteiger partial charge >= 0.3 is 0 Å². The van der Waals surface area contributed by atoms with Crippen molar-refractivity contribution in [2.75, 3.05) is 12.3 Å². The minimum absolute atomic E-state index is 0.0409. The van der Waals surface area contributed by atoms with Crippen molar-refractivity contribution in [1.29, 1.82) is 0 Å². The molecule has 0 radical (unpaired) electrons. The smallest absolute Gasteiger partial charge is 0.251 e. The van der Waals surface area contributed by atoms with Gasteiger partial charge in [0, 0.05) is 33.1 Å². The van der Waals surface area contributed by atoms with Gasteiger partial charge in [-0.2, -0.15) is 11.8 Å². The minimum atomic E-state index is -0.0409. The second-order valence-corrected chi connectivity index (χ2v) is 6.83. The topological polar surface area (TPSA) is 29.1 Å². The monoisotopic (exact) mass is 383 g/mol. The minimum Gasteiger partial charge on any atom is -0.351 e. The van der Waals surface area contributed by atoms with Crippen LogP contribution in [0.1, 0.15) is 15.9 Å². The van der Waals surface area contributed by atoms with Crippen LogP contribution in [-0.4, -0.2) is 18.2 Å². The molecule has 0 unspecified atom stereocenters. The summed E-state index contributed by atoms with van der Waals surface area (Å²) >= 11 is 11.2. The fraction of sp³-hybridized carbons (Fsp3) is 0.188. The number of thioether (sulfide) groups is 1. The Bertz CT molecular complexity index is 603. The number of hydrogen-bond acceptors (Lipinski definition) is 2. The van der Waals surface area contributed by atoms with Gasteiger partial charge in [0.25, 0.3) is 5.91 Å². The van der Waals surface area contributed by atoms with E-state index >= 15 is 0 Å². The van der Waals surface area contributed by atoms with Gasteiger partial charge in [0.15, 0.2) is 0 Å². The number of rotatable bonds is 6. The molecule has 110 valence electrons. The fourth-order valence-corrected chi connectivity index (χ4v) is 3.15. The number of hydrogen-bond donors (Lipinski definition) is 1. The van der Waals surface area contributed by atoms with Crippen molar-refractivity contribution >= 4 is 45.2 Å². The Morgan fingerprint density at radius 1 is 1.14 bits per heavy atom. The Morgan fingerprint density at radius 2 is 1.86 bits per heavy atom. The van der Waals surface area contributed by atoms with E-state index in [9.17, 15) is 4.79 Å². The van der Waals surface area contributed by atoms with Crippen molar-refractivity contribution in [3.8, 4) is 0 Å². The first-order chi connectivity index (χ1) is 10.2. The predicted octanol–water partition coefficient (Wildman–Crippen LogP) is 4.77. The highest BCUT2D eigenvalue weighted by molar-refractivity contribution is 9.10. The molecule has 0 atom stereocenters. The molecule has 1 amide bonds. The van der Waals surface area contributed by atoms with Crippen LogP contribution < -0.4 is 5.32 Å². The van der Waals surface area contributed by atoms with Crippen LogP contribution in [-0.2, 0) is 5.75 Å². The van der Waals surface area contributed by atoms with Crippen LogP contribution in [0.4, 0.5) is 0 Å². The Hall–Kier alpha value is -0.970. The molecular formula is C16H15BrClNOS. The van der Waals surface area contributed by atoms with Gasteiger partial charge in [-0.05, 0) is 35.9 Å². The summed E-state index contributed by atoms with van der Waals surface area (Å²) in [6.45, 7) is 0.643. The number of amides is 1. The number of carbonyl (C=O) groups is 1.